The molecule has 0 radical (unpaired) electrons. The molecule has 0 aliphatic carbocycles. The molecule has 9 heteroatoms. The summed E-state index contributed by atoms with van der Waals surface area (Å²) in [4.78, 5) is 11.1. The number of pyridine rings is 1. The van der Waals surface area contributed by atoms with E-state index in [0.29, 0.717) is 25.4 Å². The van der Waals surface area contributed by atoms with Crippen LogP contribution in [0, 0.1) is 6.92 Å². The first kappa shape index (κ1) is 23.3. The number of β-amino-alcohol motifs (C(OH)–C–C–N with tert-alkyl or cyclic N) is 1. The van der Waals surface area contributed by atoms with Crippen molar-refractivity contribution in [1.82, 2.24) is 20.0 Å². The molecular formula is C26H26N4O4S. The Labute approximate surface area is 204 Å². The van der Waals surface area contributed by atoms with Crippen LogP contribution in [0.3, 0.4) is 0 Å². The summed E-state index contributed by atoms with van der Waals surface area (Å²) in [7, 11) is -3.59. The van der Waals surface area contributed by atoms with Crippen LogP contribution in [0.4, 0.5) is 0 Å². The largest absolute Gasteiger partial charge is 0.392 e. The number of aliphatic hydroxyl groups is 1. The van der Waals surface area contributed by atoms with Gasteiger partial charge in [0.15, 0.2) is 15.7 Å². The van der Waals surface area contributed by atoms with Gasteiger partial charge < -0.3 is 9.63 Å². The van der Waals surface area contributed by atoms with E-state index in [2.05, 4.69) is 20.0 Å². The molecule has 35 heavy (non-hydrogen) atoms. The van der Waals surface area contributed by atoms with E-state index in [9.17, 15) is 13.5 Å². The molecule has 3 heterocycles. The lowest BCUT2D eigenvalue weighted by atomic mass is 10.1. The van der Waals surface area contributed by atoms with Crippen LogP contribution in [-0.4, -0.2) is 46.2 Å². The summed E-state index contributed by atoms with van der Waals surface area (Å²) >= 11 is 0. The maximum Gasteiger partial charge on any atom is 0.244 e. The summed E-state index contributed by atoms with van der Waals surface area (Å²) in [6.07, 6.45) is 1.68. The molecule has 2 aromatic carbocycles. The second-order valence-corrected chi connectivity index (χ2v) is 10.9. The van der Waals surface area contributed by atoms with Crippen molar-refractivity contribution in [2.75, 3.05) is 6.54 Å². The first-order valence-corrected chi connectivity index (χ1v) is 13.1. The smallest absolute Gasteiger partial charge is 0.244 e. The Hall–Kier alpha value is -3.40. The van der Waals surface area contributed by atoms with Crippen molar-refractivity contribution < 1.29 is 18.0 Å². The van der Waals surface area contributed by atoms with Crippen LogP contribution in [-0.2, 0) is 22.1 Å². The number of benzene rings is 2. The van der Waals surface area contributed by atoms with Gasteiger partial charge in [-0.15, -0.1) is 0 Å². The molecule has 0 spiro atoms. The van der Waals surface area contributed by atoms with Gasteiger partial charge in [-0.25, -0.2) is 8.42 Å². The summed E-state index contributed by atoms with van der Waals surface area (Å²) < 4.78 is 31.0. The lowest BCUT2D eigenvalue weighted by Gasteiger charge is -2.21. The first-order chi connectivity index (χ1) is 16.9. The Morgan fingerprint density at radius 2 is 1.83 bits per heavy atom. The van der Waals surface area contributed by atoms with Crippen molar-refractivity contribution in [3.05, 3.63) is 95.8 Å². The Morgan fingerprint density at radius 1 is 1.06 bits per heavy atom. The molecule has 1 N–H and O–H groups in total. The maximum atomic E-state index is 12.8. The lowest BCUT2D eigenvalue weighted by Crippen LogP contribution is -2.24. The van der Waals surface area contributed by atoms with E-state index in [1.54, 1.807) is 30.5 Å². The van der Waals surface area contributed by atoms with Crippen LogP contribution in [0.15, 0.2) is 82.3 Å². The minimum absolute atomic E-state index is 0.113. The fraction of sp³-hybridized carbons (Fsp3) is 0.269. The lowest BCUT2D eigenvalue weighted by molar-refractivity contribution is 0.169. The zero-order chi connectivity index (χ0) is 24.4. The average Bonchev–Trinajstić information content (AvgIpc) is 3.46. The van der Waals surface area contributed by atoms with E-state index in [1.165, 1.54) is 0 Å². The molecule has 0 amide bonds. The molecular weight excluding hydrogens is 464 g/mol. The van der Waals surface area contributed by atoms with Crippen molar-refractivity contribution in [3.8, 4) is 11.3 Å². The van der Waals surface area contributed by atoms with Gasteiger partial charge in [0.25, 0.3) is 0 Å². The number of aliphatic hydroxyl groups excluding tert-OH is 1. The topological polar surface area (TPSA) is 109 Å². The van der Waals surface area contributed by atoms with E-state index < -0.39 is 15.9 Å². The third-order valence-corrected chi connectivity index (χ3v) is 7.78. The third kappa shape index (κ3) is 5.32. The SMILES string of the molecule is Cc1ccc(S(=O)(=O)Cc2noc(C3CC(O)CN3Cc3ccc(-c4ccccn4)cc3)n2)cc1. The Balaban J connectivity index is 1.29. The van der Waals surface area contributed by atoms with E-state index in [-0.39, 0.29) is 22.5 Å². The molecule has 1 saturated heterocycles. The predicted molar refractivity (Wildman–Crippen MR) is 130 cm³/mol. The number of nitrogens with zero attached hydrogens (tertiary/aromatic N) is 4. The summed E-state index contributed by atoms with van der Waals surface area (Å²) in [5.74, 6) is 0.0893. The maximum absolute atomic E-state index is 12.8. The van der Waals surface area contributed by atoms with Gasteiger partial charge in [-0.1, -0.05) is 53.2 Å². The van der Waals surface area contributed by atoms with E-state index in [1.807, 2.05) is 49.4 Å². The normalized spacial score (nSPS) is 18.7. The molecule has 0 saturated carbocycles. The fourth-order valence-corrected chi connectivity index (χ4v) is 5.49. The predicted octanol–water partition coefficient (Wildman–Crippen LogP) is 3.72. The quantitative estimate of drug-likeness (QED) is 0.417. The zero-order valence-corrected chi connectivity index (χ0v) is 20.1. The van der Waals surface area contributed by atoms with Gasteiger partial charge in [-0.05, 0) is 43.2 Å². The van der Waals surface area contributed by atoms with Gasteiger partial charge >= 0.3 is 0 Å². The van der Waals surface area contributed by atoms with Gasteiger partial charge in [-0.3, -0.25) is 9.88 Å². The van der Waals surface area contributed by atoms with Crippen LogP contribution in [0.25, 0.3) is 11.3 Å². The molecule has 8 nitrogen and oxygen atoms in total. The molecule has 5 rings (SSSR count). The average molecular weight is 491 g/mol. The second-order valence-electron chi connectivity index (χ2n) is 8.87. The molecule has 4 aromatic rings. The summed E-state index contributed by atoms with van der Waals surface area (Å²) in [6, 6.07) is 20.3. The number of sulfone groups is 1. The van der Waals surface area contributed by atoms with Gasteiger partial charge in [0.1, 0.15) is 5.75 Å². The van der Waals surface area contributed by atoms with Crippen LogP contribution < -0.4 is 0 Å². The Bertz CT molecular complexity index is 1390. The van der Waals surface area contributed by atoms with Crippen LogP contribution >= 0.6 is 0 Å². The number of aromatic nitrogens is 3. The standard InChI is InChI=1S/C26H26N4O4S/c1-18-5-11-22(12-6-18)35(32,33)17-25-28-26(34-29-25)24-14-21(31)16-30(24)15-19-7-9-20(10-8-19)23-4-2-3-13-27-23/h2-13,21,24,31H,14-17H2,1H3. The Morgan fingerprint density at radius 3 is 2.54 bits per heavy atom. The summed E-state index contributed by atoms with van der Waals surface area (Å²) in [6.45, 7) is 2.95. The van der Waals surface area contributed by atoms with E-state index in [0.717, 1.165) is 22.4 Å². The molecule has 2 atom stereocenters. The highest BCUT2D eigenvalue weighted by molar-refractivity contribution is 7.90. The van der Waals surface area contributed by atoms with Crippen molar-refractivity contribution in [2.45, 2.75) is 42.7 Å². The molecule has 1 aliphatic heterocycles. The minimum atomic E-state index is -3.59. The molecule has 2 aromatic heterocycles. The number of likely N-dealkylation sites (tertiary alicyclic amines) is 1. The third-order valence-electron chi connectivity index (χ3n) is 6.15. The Kier molecular flexibility index (Phi) is 6.46. The van der Waals surface area contributed by atoms with Gasteiger partial charge in [-0.2, -0.15) is 4.98 Å². The molecule has 1 aliphatic rings. The fourth-order valence-electron chi connectivity index (χ4n) is 4.32. The van der Waals surface area contributed by atoms with Crippen LogP contribution in [0.5, 0.6) is 0 Å². The van der Waals surface area contributed by atoms with Gasteiger partial charge in [0.05, 0.1) is 22.7 Å². The van der Waals surface area contributed by atoms with E-state index in [4.69, 9.17) is 4.52 Å². The van der Waals surface area contributed by atoms with Gasteiger partial charge in [0.2, 0.25) is 5.89 Å². The van der Waals surface area contributed by atoms with Crippen LogP contribution in [0.2, 0.25) is 0 Å². The molecule has 1 fully saturated rings. The molecule has 0 bridgehead atoms. The number of hydrogen-bond acceptors (Lipinski definition) is 8. The highest BCUT2D eigenvalue weighted by Gasteiger charge is 2.36. The second kappa shape index (κ2) is 9.69. The van der Waals surface area contributed by atoms with Crippen LogP contribution in [0.1, 0.15) is 35.3 Å². The minimum Gasteiger partial charge on any atom is -0.392 e. The van der Waals surface area contributed by atoms with E-state index >= 15 is 0 Å². The van der Waals surface area contributed by atoms with Crippen molar-refractivity contribution in [3.63, 3.8) is 0 Å². The molecule has 2 unspecified atom stereocenters. The zero-order valence-electron chi connectivity index (χ0n) is 19.3. The van der Waals surface area contributed by atoms with Crippen molar-refractivity contribution in [1.29, 1.82) is 0 Å². The van der Waals surface area contributed by atoms with Crippen molar-refractivity contribution in [2.24, 2.45) is 0 Å². The highest BCUT2D eigenvalue weighted by atomic mass is 32.2. The number of aryl methyl sites for hydroxylation is 1. The number of hydrogen-bond donors (Lipinski definition) is 1. The van der Waals surface area contributed by atoms with Gasteiger partial charge in [0, 0.05) is 24.8 Å². The van der Waals surface area contributed by atoms with Crippen molar-refractivity contribution >= 4 is 9.84 Å². The summed E-state index contributed by atoms with van der Waals surface area (Å²) in [5, 5.41) is 14.3. The number of rotatable bonds is 7. The monoisotopic (exact) mass is 490 g/mol. The highest BCUT2D eigenvalue weighted by Crippen LogP contribution is 2.33. The first-order valence-electron chi connectivity index (χ1n) is 11.4. The molecule has 180 valence electrons. The summed E-state index contributed by atoms with van der Waals surface area (Å²) in [5.41, 5.74) is 4.00.